The van der Waals surface area contributed by atoms with E-state index in [1.165, 1.54) is 10.9 Å². The second kappa shape index (κ2) is 5.79. The van der Waals surface area contributed by atoms with Gasteiger partial charge >= 0.3 is 5.97 Å². The van der Waals surface area contributed by atoms with E-state index in [1.807, 2.05) is 13.8 Å². The van der Waals surface area contributed by atoms with Crippen LogP contribution in [0, 0.1) is 5.92 Å². The largest absolute Gasteiger partial charge is 0.478 e. The van der Waals surface area contributed by atoms with Crippen molar-refractivity contribution in [1.82, 2.24) is 15.1 Å². The van der Waals surface area contributed by atoms with Crippen LogP contribution < -0.4 is 5.32 Å². The van der Waals surface area contributed by atoms with Gasteiger partial charge in [-0.2, -0.15) is 5.10 Å². The highest BCUT2D eigenvalue weighted by molar-refractivity contribution is 5.88. The van der Waals surface area contributed by atoms with Gasteiger partial charge in [-0.3, -0.25) is 4.68 Å². The molecule has 1 aromatic rings. The number of rotatable bonds is 6. The fourth-order valence-electron chi connectivity index (χ4n) is 1.59. The van der Waals surface area contributed by atoms with Crippen molar-refractivity contribution >= 4 is 5.97 Å². The highest BCUT2D eigenvalue weighted by Gasteiger charge is 2.17. The minimum atomic E-state index is -0.986. The number of aromatic nitrogens is 2. The number of hydrogen-bond acceptors (Lipinski definition) is 4. The summed E-state index contributed by atoms with van der Waals surface area (Å²) in [5.74, 6) is -0.707. The van der Waals surface area contributed by atoms with Gasteiger partial charge in [0, 0.05) is 19.6 Å². The Hall–Kier alpha value is -1.40. The molecule has 0 aromatic carbocycles. The van der Waals surface area contributed by atoms with Crippen LogP contribution in [-0.2, 0) is 13.6 Å². The smallest absolute Gasteiger partial charge is 0.339 e. The number of aliphatic hydroxyl groups excluding tert-OH is 1. The third kappa shape index (κ3) is 3.28. The highest BCUT2D eigenvalue weighted by atomic mass is 16.4. The molecule has 0 saturated heterocycles. The van der Waals surface area contributed by atoms with Crippen LogP contribution in [0.4, 0.5) is 0 Å². The third-order valence-electron chi connectivity index (χ3n) is 2.83. The van der Waals surface area contributed by atoms with Crippen molar-refractivity contribution in [3.8, 4) is 0 Å². The van der Waals surface area contributed by atoms with Crippen molar-refractivity contribution < 1.29 is 15.0 Å². The molecule has 1 heterocycles. The Morgan fingerprint density at radius 2 is 2.24 bits per heavy atom. The van der Waals surface area contributed by atoms with Gasteiger partial charge in [0.25, 0.3) is 0 Å². The van der Waals surface area contributed by atoms with Crippen LogP contribution in [0.3, 0.4) is 0 Å². The summed E-state index contributed by atoms with van der Waals surface area (Å²) < 4.78 is 1.53. The first-order valence-corrected chi connectivity index (χ1v) is 5.55. The van der Waals surface area contributed by atoms with E-state index in [0.29, 0.717) is 12.2 Å². The van der Waals surface area contributed by atoms with Gasteiger partial charge in [-0.05, 0) is 5.92 Å². The van der Waals surface area contributed by atoms with Crippen LogP contribution in [0.25, 0.3) is 0 Å². The highest BCUT2D eigenvalue weighted by Crippen LogP contribution is 2.09. The normalized spacial score (nSPS) is 13.0. The molecular formula is C11H19N3O3. The lowest BCUT2D eigenvalue weighted by Gasteiger charge is -2.20. The molecule has 0 amide bonds. The Kier molecular flexibility index (Phi) is 4.65. The Bertz CT molecular complexity index is 387. The maximum Gasteiger partial charge on any atom is 0.339 e. The molecule has 1 rings (SSSR count). The molecule has 6 heteroatoms. The van der Waals surface area contributed by atoms with Crippen LogP contribution in [0.1, 0.15) is 29.9 Å². The summed E-state index contributed by atoms with van der Waals surface area (Å²) in [5.41, 5.74) is 0.803. The average molecular weight is 241 g/mol. The van der Waals surface area contributed by atoms with Gasteiger partial charge in [0.1, 0.15) is 5.56 Å². The molecule has 0 saturated carbocycles. The van der Waals surface area contributed by atoms with E-state index in [1.54, 1.807) is 7.05 Å². The zero-order chi connectivity index (χ0) is 13.0. The van der Waals surface area contributed by atoms with Gasteiger partial charge in [-0.1, -0.05) is 13.8 Å². The van der Waals surface area contributed by atoms with Gasteiger partial charge in [-0.25, -0.2) is 4.79 Å². The summed E-state index contributed by atoms with van der Waals surface area (Å²) in [7, 11) is 1.70. The van der Waals surface area contributed by atoms with E-state index in [4.69, 9.17) is 5.11 Å². The van der Waals surface area contributed by atoms with Crippen molar-refractivity contribution in [2.45, 2.75) is 26.4 Å². The second-order valence-electron chi connectivity index (χ2n) is 4.35. The van der Waals surface area contributed by atoms with Crippen LogP contribution >= 0.6 is 0 Å². The van der Waals surface area contributed by atoms with Gasteiger partial charge in [0.05, 0.1) is 18.5 Å². The van der Waals surface area contributed by atoms with Gasteiger partial charge in [0.15, 0.2) is 0 Å². The Morgan fingerprint density at radius 3 is 2.71 bits per heavy atom. The maximum atomic E-state index is 11.0. The molecular weight excluding hydrogens is 222 g/mol. The fourth-order valence-corrected chi connectivity index (χ4v) is 1.59. The first kappa shape index (κ1) is 13.7. The Morgan fingerprint density at radius 1 is 1.59 bits per heavy atom. The molecule has 0 aliphatic heterocycles. The number of carboxylic acid groups (broad SMARTS) is 1. The molecule has 3 N–H and O–H groups in total. The minimum Gasteiger partial charge on any atom is -0.478 e. The molecule has 1 atom stereocenters. The summed E-state index contributed by atoms with van der Waals surface area (Å²) in [5, 5.41) is 25.2. The SMILES string of the molecule is CC(C)[C@@H](CO)NCc1c(C(=O)O)cnn1C. The lowest BCUT2D eigenvalue weighted by molar-refractivity contribution is 0.0695. The monoisotopic (exact) mass is 241 g/mol. The maximum absolute atomic E-state index is 11.0. The van der Waals surface area contributed by atoms with E-state index < -0.39 is 5.97 Å². The molecule has 0 radical (unpaired) electrons. The van der Waals surface area contributed by atoms with E-state index >= 15 is 0 Å². The van der Waals surface area contributed by atoms with Crippen molar-refractivity contribution in [1.29, 1.82) is 0 Å². The first-order chi connectivity index (χ1) is 7.97. The number of nitrogens with zero attached hydrogens (tertiary/aromatic N) is 2. The fraction of sp³-hybridized carbons (Fsp3) is 0.636. The summed E-state index contributed by atoms with van der Waals surface area (Å²) in [4.78, 5) is 11.0. The van der Waals surface area contributed by atoms with E-state index in [9.17, 15) is 9.90 Å². The van der Waals surface area contributed by atoms with Crippen molar-refractivity contribution in [3.63, 3.8) is 0 Å². The summed E-state index contributed by atoms with van der Waals surface area (Å²) in [6, 6.07) is -0.0495. The number of hydrogen-bond donors (Lipinski definition) is 3. The summed E-state index contributed by atoms with van der Waals surface area (Å²) in [6.45, 7) is 4.39. The second-order valence-corrected chi connectivity index (χ2v) is 4.35. The summed E-state index contributed by atoms with van der Waals surface area (Å²) >= 11 is 0. The van der Waals surface area contributed by atoms with Crippen LogP contribution in [0.2, 0.25) is 0 Å². The van der Waals surface area contributed by atoms with E-state index in [0.717, 1.165) is 0 Å². The predicted octanol–water partition coefficient (Wildman–Crippen LogP) is 0.225. The number of carboxylic acids is 1. The molecule has 96 valence electrons. The molecule has 0 bridgehead atoms. The standard InChI is InChI=1S/C11H19N3O3/c1-7(2)9(6-15)12-5-10-8(11(16)17)4-13-14(10)3/h4,7,9,12,15H,5-6H2,1-3H3,(H,16,17)/t9-/m1/s1. The van der Waals surface area contributed by atoms with E-state index in [-0.39, 0.29) is 24.1 Å². The first-order valence-electron chi connectivity index (χ1n) is 5.55. The molecule has 6 nitrogen and oxygen atoms in total. The molecule has 0 spiro atoms. The summed E-state index contributed by atoms with van der Waals surface area (Å²) in [6.07, 6.45) is 1.34. The van der Waals surface area contributed by atoms with Gasteiger partial charge in [0.2, 0.25) is 0 Å². The zero-order valence-corrected chi connectivity index (χ0v) is 10.3. The van der Waals surface area contributed by atoms with Crippen LogP contribution in [-0.4, -0.2) is 38.6 Å². The minimum absolute atomic E-state index is 0.0257. The third-order valence-corrected chi connectivity index (χ3v) is 2.83. The molecule has 0 unspecified atom stereocenters. The number of aromatic carboxylic acids is 1. The van der Waals surface area contributed by atoms with Crippen LogP contribution in [0.15, 0.2) is 6.20 Å². The lowest BCUT2D eigenvalue weighted by atomic mass is 10.1. The zero-order valence-electron chi connectivity index (χ0n) is 10.3. The average Bonchev–Trinajstić information content (AvgIpc) is 2.61. The van der Waals surface area contributed by atoms with Gasteiger partial charge < -0.3 is 15.5 Å². The van der Waals surface area contributed by atoms with Crippen LogP contribution in [0.5, 0.6) is 0 Å². The van der Waals surface area contributed by atoms with Gasteiger partial charge in [-0.15, -0.1) is 0 Å². The van der Waals surface area contributed by atoms with E-state index in [2.05, 4.69) is 10.4 Å². The number of carbonyl (C=O) groups is 1. The Balaban J connectivity index is 2.74. The number of nitrogens with one attached hydrogen (secondary N) is 1. The molecule has 1 aromatic heterocycles. The molecule has 17 heavy (non-hydrogen) atoms. The number of aryl methyl sites for hydroxylation is 1. The predicted molar refractivity (Wildman–Crippen MR) is 62.7 cm³/mol. The Labute approximate surface area is 100 Å². The quantitative estimate of drug-likeness (QED) is 0.663. The lowest BCUT2D eigenvalue weighted by Crippen LogP contribution is -2.37. The van der Waals surface area contributed by atoms with Crippen molar-refractivity contribution in [2.24, 2.45) is 13.0 Å². The molecule has 0 aliphatic rings. The molecule has 0 aliphatic carbocycles. The number of aliphatic hydroxyl groups is 1. The topological polar surface area (TPSA) is 87.4 Å². The molecule has 0 fully saturated rings. The van der Waals surface area contributed by atoms with Crippen molar-refractivity contribution in [2.75, 3.05) is 6.61 Å². The van der Waals surface area contributed by atoms with Crippen molar-refractivity contribution in [3.05, 3.63) is 17.5 Å².